The molecule has 11 heteroatoms. The molecule has 11 nitrogen and oxygen atoms in total. The topological polar surface area (TPSA) is 191 Å². The lowest BCUT2D eigenvalue weighted by atomic mass is 10.0. The molecule has 0 aliphatic heterocycles. The number of aliphatic hydroxyl groups excluding tert-OH is 1. The number of aliphatic carboxylic acids is 1. The van der Waals surface area contributed by atoms with Crippen LogP contribution in [0.1, 0.15) is 19.4 Å². The molecule has 0 radical (unpaired) electrons. The SMILES string of the molecule is CC(NC(=O)CNC(=O)C(NC(=O)C(N)Cc1ccc(O)cc1)C(C)O)C(=O)O. The number of nitrogens with one attached hydrogen (secondary N) is 3. The third-order valence-electron chi connectivity index (χ3n) is 3.96. The molecule has 0 fully saturated rings. The van der Waals surface area contributed by atoms with Gasteiger partial charge in [-0.05, 0) is 38.0 Å². The maximum Gasteiger partial charge on any atom is 0.325 e. The van der Waals surface area contributed by atoms with Gasteiger partial charge in [-0.15, -0.1) is 0 Å². The summed E-state index contributed by atoms with van der Waals surface area (Å²) in [5.41, 5.74) is 6.52. The van der Waals surface area contributed by atoms with Gasteiger partial charge in [0.05, 0.1) is 18.7 Å². The van der Waals surface area contributed by atoms with Crippen molar-refractivity contribution in [2.75, 3.05) is 6.54 Å². The van der Waals surface area contributed by atoms with Crippen LogP contribution in [0.5, 0.6) is 5.75 Å². The lowest BCUT2D eigenvalue weighted by molar-refractivity contribution is -0.141. The van der Waals surface area contributed by atoms with Crippen LogP contribution in [0.25, 0.3) is 0 Å². The zero-order valence-corrected chi connectivity index (χ0v) is 16.1. The van der Waals surface area contributed by atoms with Gasteiger partial charge in [0, 0.05) is 0 Å². The third kappa shape index (κ3) is 8.15. The van der Waals surface area contributed by atoms with Crippen LogP contribution >= 0.6 is 0 Å². The molecular formula is C18H26N4O7. The highest BCUT2D eigenvalue weighted by Gasteiger charge is 2.28. The van der Waals surface area contributed by atoms with Crippen molar-refractivity contribution < 1.29 is 34.5 Å². The van der Waals surface area contributed by atoms with Gasteiger partial charge in [0.2, 0.25) is 17.7 Å². The molecule has 160 valence electrons. The normalized spacial score (nSPS) is 14.8. The Hall–Kier alpha value is -3.18. The van der Waals surface area contributed by atoms with E-state index >= 15 is 0 Å². The minimum Gasteiger partial charge on any atom is -0.508 e. The first-order chi connectivity index (χ1) is 13.5. The summed E-state index contributed by atoms with van der Waals surface area (Å²) in [4.78, 5) is 46.8. The number of carbonyl (C=O) groups excluding carboxylic acids is 3. The maximum absolute atomic E-state index is 12.3. The molecule has 0 aromatic heterocycles. The molecule has 1 aromatic carbocycles. The highest BCUT2D eigenvalue weighted by molar-refractivity contribution is 5.92. The van der Waals surface area contributed by atoms with Crippen LogP contribution in [0.15, 0.2) is 24.3 Å². The van der Waals surface area contributed by atoms with Crippen LogP contribution in [-0.4, -0.2) is 69.8 Å². The first-order valence-corrected chi connectivity index (χ1v) is 8.83. The van der Waals surface area contributed by atoms with E-state index in [9.17, 15) is 29.4 Å². The molecule has 1 aromatic rings. The first-order valence-electron chi connectivity index (χ1n) is 8.83. The molecule has 0 saturated carbocycles. The third-order valence-corrected chi connectivity index (χ3v) is 3.96. The summed E-state index contributed by atoms with van der Waals surface area (Å²) in [7, 11) is 0. The number of hydrogen-bond donors (Lipinski definition) is 7. The van der Waals surface area contributed by atoms with Crippen molar-refractivity contribution in [1.29, 1.82) is 0 Å². The summed E-state index contributed by atoms with van der Waals surface area (Å²) < 4.78 is 0. The Balaban J connectivity index is 2.60. The maximum atomic E-state index is 12.3. The number of phenols is 1. The fourth-order valence-electron chi connectivity index (χ4n) is 2.28. The minimum absolute atomic E-state index is 0.0689. The van der Waals surface area contributed by atoms with Crippen molar-refractivity contribution >= 4 is 23.7 Å². The fraction of sp³-hybridized carbons (Fsp3) is 0.444. The Labute approximate surface area is 167 Å². The number of nitrogens with two attached hydrogens (primary N) is 1. The summed E-state index contributed by atoms with van der Waals surface area (Å²) in [6.45, 7) is 2.01. The Morgan fingerprint density at radius 2 is 1.62 bits per heavy atom. The second-order valence-corrected chi connectivity index (χ2v) is 6.55. The fourth-order valence-corrected chi connectivity index (χ4v) is 2.28. The van der Waals surface area contributed by atoms with Gasteiger partial charge in [-0.25, -0.2) is 0 Å². The quantitative estimate of drug-likeness (QED) is 0.227. The molecule has 0 bridgehead atoms. The summed E-state index contributed by atoms with van der Waals surface area (Å²) in [5, 5.41) is 34.5. The van der Waals surface area contributed by atoms with Gasteiger partial charge < -0.3 is 37.0 Å². The van der Waals surface area contributed by atoms with Gasteiger partial charge in [-0.1, -0.05) is 12.1 Å². The zero-order chi connectivity index (χ0) is 22.1. The van der Waals surface area contributed by atoms with Gasteiger partial charge in [-0.2, -0.15) is 0 Å². The summed E-state index contributed by atoms with van der Waals surface area (Å²) in [6, 6.07) is 2.57. The standard InChI is InChI=1S/C18H26N4O7/c1-9(18(28)29)21-14(25)8-20-17(27)15(10(2)23)22-16(26)13(19)7-11-3-5-12(24)6-4-11/h3-6,9-10,13,15,23-24H,7-8,19H2,1-2H3,(H,20,27)(H,21,25)(H,22,26)(H,28,29). The van der Waals surface area contributed by atoms with Crippen LogP contribution in [0, 0.1) is 0 Å². The van der Waals surface area contributed by atoms with Crippen molar-refractivity contribution in [3.8, 4) is 5.75 Å². The van der Waals surface area contributed by atoms with Crippen molar-refractivity contribution in [2.24, 2.45) is 5.73 Å². The van der Waals surface area contributed by atoms with E-state index in [0.717, 1.165) is 0 Å². The molecule has 3 amide bonds. The van der Waals surface area contributed by atoms with E-state index in [4.69, 9.17) is 10.8 Å². The van der Waals surface area contributed by atoms with E-state index in [1.807, 2.05) is 0 Å². The predicted molar refractivity (Wildman–Crippen MR) is 102 cm³/mol. The second kappa shape index (κ2) is 11.0. The lowest BCUT2D eigenvalue weighted by Crippen LogP contribution is -2.57. The van der Waals surface area contributed by atoms with Gasteiger partial charge >= 0.3 is 5.97 Å². The molecule has 0 aliphatic rings. The molecular weight excluding hydrogens is 384 g/mol. The second-order valence-electron chi connectivity index (χ2n) is 6.55. The summed E-state index contributed by atoms with van der Waals surface area (Å²) in [5.74, 6) is -3.43. The molecule has 0 saturated heterocycles. The van der Waals surface area contributed by atoms with E-state index in [1.165, 1.54) is 26.0 Å². The monoisotopic (exact) mass is 410 g/mol. The predicted octanol–water partition coefficient (Wildman–Crippen LogP) is -2.17. The molecule has 4 atom stereocenters. The number of carboxylic acid groups (broad SMARTS) is 1. The average molecular weight is 410 g/mol. The van der Waals surface area contributed by atoms with Crippen LogP contribution in [0.2, 0.25) is 0 Å². The smallest absolute Gasteiger partial charge is 0.325 e. The number of carbonyl (C=O) groups is 4. The molecule has 29 heavy (non-hydrogen) atoms. The number of rotatable bonds is 10. The number of aliphatic hydroxyl groups is 1. The number of benzene rings is 1. The van der Waals surface area contributed by atoms with E-state index in [1.54, 1.807) is 12.1 Å². The highest BCUT2D eigenvalue weighted by Crippen LogP contribution is 2.11. The van der Waals surface area contributed by atoms with Gasteiger partial charge in [0.1, 0.15) is 17.8 Å². The number of carboxylic acids is 1. The Morgan fingerprint density at radius 1 is 1.03 bits per heavy atom. The Kier molecular flexibility index (Phi) is 9.03. The minimum atomic E-state index is -1.36. The lowest BCUT2D eigenvalue weighted by Gasteiger charge is -2.23. The number of amides is 3. The van der Waals surface area contributed by atoms with E-state index in [2.05, 4.69) is 16.0 Å². The number of phenolic OH excluding ortho intramolecular Hbond substituents is 1. The van der Waals surface area contributed by atoms with Gasteiger partial charge in [0.25, 0.3) is 0 Å². The largest absolute Gasteiger partial charge is 0.508 e. The molecule has 0 heterocycles. The van der Waals surface area contributed by atoms with Crippen LogP contribution in [0.4, 0.5) is 0 Å². The molecule has 4 unspecified atom stereocenters. The average Bonchev–Trinajstić information content (AvgIpc) is 2.65. The van der Waals surface area contributed by atoms with E-state index < -0.39 is 54.5 Å². The summed E-state index contributed by atoms with van der Waals surface area (Å²) in [6.07, 6.45) is -1.14. The molecule has 8 N–H and O–H groups in total. The summed E-state index contributed by atoms with van der Waals surface area (Å²) >= 11 is 0. The Bertz CT molecular complexity index is 736. The first kappa shape index (κ1) is 23.9. The number of aromatic hydroxyl groups is 1. The van der Waals surface area contributed by atoms with Crippen LogP contribution in [-0.2, 0) is 25.6 Å². The molecule has 0 aliphatic carbocycles. The van der Waals surface area contributed by atoms with E-state index in [0.29, 0.717) is 5.56 Å². The number of hydrogen-bond acceptors (Lipinski definition) is 7. The zero-order valence-electron chi connectivity index (χ0n) is 16.1. The highest BCUT2D eigenvalue weighted by atomic mass is 16.4. The molecule has 0 spiro atoms. The Morgan fingerprint density at radius 3 is 2.14 bits per heavy atom. The van der Waals surface area contributed by atoms with Gasteiger partial charge in [-0.3, -0.25) is 19.2 Å². The van der Waals surface area contributed by atoms with E-state index in [-0.39, 0.29) is 12.2 Å². The van der Waals surface area contributed by atoms with Crippen LogP contribution in [0.3, 0.4) is 0 Å². The van der Waals surface area contributed by atoms with Crippen molar-refractivity contribution in [3.05, 3.63) is 29.8 Å². The van der Waals surface area contributed by atoms with Crippen molar-refractivity contribution in [1.82, 2.24) is 16.0 Å². The van der Waals surface area contributed by atoms with Crippen molar-refractivity contribution in [3.63, 3.8) is 0 Å². The molecule has 1 rings (SSSR count). The van der Waals surface area contributed by atoms with Gasteiger partial charge in [0.15, 0.2) is 0 Å². The van der Waals surface area contributed by atoms with Crippen molar-refractivity contribution in [2.45, 2.75) is 44.5 Å². The van der Waals surface area contributed by atoms with Crippen LogP contribution < -0.4 is 21.7 Å².